The lowest BCUT2D eigenvalue weighted by Gasteiger charge is -2.12. The molecule has 0 spiro atoms. The Morgan fingerprint density at radius 3 is 2.50 bits per heavy atom. The molecule has 1 fully saturated rings. The molecular weight excluding hydrogens is 248 g/mol. The molecule has 1 aliphatic heterocycles. The SMILES string of the molecule is COc1c(CC2CO2)ccc2cc3ccccc3cc12. The van der Waals surface area contributed by atoms with Crippen LogP contribution in [0.4, 0.5) is 0 Å². The number of hydrogen-bond donors (Lipinski definition) is 0. The molecule has 100 valence electrons. The molecule has 1 unspecified atom stereocenters. The highest BCUT2D eigenvalue weighted by Crippen LogP contribution is 2.34. The molecule has 1 saturated heterocycles. The molecule has 0 N–H and O–H groups in total. The molecule has 20 heavy (non-hydrogen) atoms. The molecule has 2 nitrogen and oxygen atoms in total. The summed E-state index contributed by atoms with van der Waals surface area (Å²) in [5.41, 5.74) is 1.23. The third-order valence-corrected chi connectivity index (χ3v) is 3.97. The molecule has 0 radical (unpaired) electrons. The van der Waals surface area contributed by atoms with Gasteiger partial charge in [-0.3, -0.25) is 0 Å². The number of rotatable bonds is 3. The van der Waals surface area contributed by atoms with Crippen LogP contribution in [-0.4, -0.2) is 19.8 Å². The van der Waals surface area contributed by atoms with Gasteiger partial charge in [-0.2, -0.15) is 0 Å². The first kappa shape index (κ1) is 11.7. The molecular formula is C18H16O2. The van der Waals surface area contributed by atoms with Crippen molar-refractivity contribution in [2.45, 2.75) is 12.5 Å². The second-order valence-electron chi connectivity index (χ2n) is 5.34. The molecule has 3 aromatic carbocycles. The van der Waals surface area contributed by atoms with Crippen LogP contribution >= 0.6 is 0 Å². The zero-order chi connectivity index (χ0) is 13.5. The maximum atomic E-state index is 5.68. The van der Waals surface area contributed by atoms with Gasteiger partial charge >= 0.3 is 0 Å². The van der Waals surface area contributed by atoms with Crippen molar-refractivity contribution in [2.24, 2.45) is 0 Å². The molecule has 1 heterocycles. The topological polar surface area (TPSA) is 21.8 Å². The molecule has 0 bridgehead atoms. The van der Waals surface area contributed by atoms with Gasteiger partial charge in [-0.05, 0) is 33.9 Å². The van der Waals surface area contributed by atoms with E-state index < -0.39 is 0 Å². The van der Waals surface area contributed by atoms with E-state index in [1.165, 1.54) is 27.1 Å². The van der Waals surface area contributed by atoms with Gasteiger partial charge in [0.05, 0.1) is 19.8 Å². The third kappa shape index (κ3) is 1.93. The predicted octanol–water partition coefficient (Wildman–Crippen LogP) is 3.94. The predicted molar refractivity (Wildman–Crippen MR) is 81.5 cm³/mol. The average Bonchev–Trinajstić information content (AvgIpc) is 3.29. The average molecular weight is 264 g/mol. The van der Waals surface area contributed by atoms with Crippen LogP contribution in [0, 0.1) is 0 Å². The molecule has 2 heteroatoms. The number of epoxide rings is 1. The van der Waals surface area contributed by atoms with E-state index in [0.29, 0.717) is 6.10 Å². The van der Waals surface area contributed by atoms with Gasteiger partial charge in [0.25, 0.3) is 0 Å². The van der Waals surface area contributed by atoms with Gasteiger partial charge in [0.2, 0.25) is 0 Å². The number of hydrogen-bond acceptors (Lipinski definition) is 2. The minimum atomic E-state index is 0.377. The van der Waals surface area contributed by atoms with E-state index in [1.807, 2.05) is 0 Å². The zero-order valence-electron chi connectivity index (χ0n) is 11.4. The first-order valence-electron chi connectivity index (χ1n) is 6.95. The van der Waals surface area contributed by atoms with Crippen LogP contribution in [0.3, 0.4) is 0 Å². The molecule has 3 aromatic rings. The highest BCUT2D eigenvalue weighted by Gasteiger charge is 2.24. The molecule has 1 atom stereocenters. The van der Waals surface area contributed by atoms with Gasteiger partial charge in [-0.15, -0.1) is 0 Å². The summed E-state index contributed by atoms with van der Waals surface area (Å²) in [5, 5.41) is 4.92. The van der Waals surface area contributed by atoms with E-state index in [4.69, 9.17) is 9.47 Å². The summed E-state index contributed by atoms with van der Waals surface area (Å²) < 4.78 is 11.0. The first-order valence-corrected chi connectivity index (χ1v) is 6.95. The van der Waals surface area contributed by atoms with Gasteiger partial charge in [0.1, 0.15) is 5.75 Å². The lowest BCUT2D eigenvalue weighted by Crippen LogP contribution is -1.98. The van der Waals surface area contributed by atoms with Gasteiger partial charge in [0.15, 0.2) is 0 Å². The van der Waals surface area contributed by atoms with Crippen LogP contribution in [0.25, 0.3) is 21.5 Å². The Morgan fingerprint density at radius 2 is 1.80 bits per heavy atom. The Kier molecular flexibility index (Phi) is 2.64. The molecule has 4 rings (SSSR count). The summed E-state index contributed by atoms with van der Waals surface area (Å²) in [5.74, 6) is 0.990. The smallest absolute Gasteiger partial charge is 0.129 e. The van der Waals surface area contributed by atoms with E-state index in [1.54, 1.807) is 7.11 Å². The fourth-order valence-corrected chi connectivity index (χ4v) is 2.86. The Hall–Kier alpha value is -2.06. The van der Waals surface area contributed by atoms with Gasteiger partial charge in [-0.25, -0.2) is 0 Å². The summed E-state index contributed by atoms with van der Waals surface area (Å²) >= 11 is 0. The Bertz CT molecular complexity index is 788. The van der Waals surface area contributed by atoms with Crippen LogP contribution in [-0.2, 0) is 11.2 Å². The third-order valence-electron chi connectivity index (χ3n) is 3.97. The van der Waals surface area contributed by atoms with Crippen molar-refractivity contribution >= 4 is 21.5 Å². The largest absolute Gasteiger partial charge is 0.496 e. The van der Waals surface area contributed by atoms with Crippen LogP contribution in [0.2, 0.25) is 0 Å². The lowest BCUT2D eigenvalue weighted by molar-refractivity contribution is 0.393. The van der Waals surface area contributed by atoms with Gasteiger partial charge in [-0.1, -0.05) is 36.4 Å². The van der Waals surface area contributed by atoms with E-state index >= 15 is 0 Å². The number of methoxy groups -OCH3 is 1. The Balaban J connectivity index is 1.96. The summed E-state index contributed by atoms with van der Waals surface area (Å²) in [4.78, 5) is 0. The Morgan fingerprint density at radius 1 is 1.05 bits per heavy atom. The quantitative estimate of drug-likeness (QED) is 0.528. The van der Waals surface area contributed by atoms with Crippen LogP contribution in [0.1, 0.15) is 5.56 Å². The van der Waals surface area contributed by atoms with E-state index in [0.717, 1.165) is 18.8 Å². The van der Waals surface area contributed by atoms with Crippen molar-refractivity contribution in [1.29, 1.82) is 0 Å². The number of fused-ring (bicyclic) bond motifs is 2. The highest BCUT2D eigenvalue weighted by molar-refractivity contribution is 6.01. The standard InChI is InChI=1S/C18H16O2/c1-19-18-15(9-16-11-20-16)7-6-14-8-12-4-2-3-5-13(12)10-17(14)18/h2-8,10,16H,9,11H2,1H3. The van der Waals surface area contributed by atoms with Crippen molar-refractivity contribution < 1.29 is 9.47 Å². The zero-order valence-corrected chi connectivity index (χ0v) is 11.4. The lowest BCUT2D eigenvalue weighted by atomic mass is 9.98. The minimum Gasteiger partial charge on any atom is -0.496 e. The maximum Gasteiger partial charge on any atom is 0.129 e. The number of benzene rings is 3. The van der Waals surface area contributed by atoms with Crippen LogP contribution in [0.15, 0.2) is 48.5 Å². The van der Waals surface area contributed by atoms with Crippen molar-refractivity contribution in [2.75, 3.05) is 13.7 Å². The number of ether oxygens (including phenoxy) is 2. The summed E-state index contributed by atoms with van der Waals surface area (Å²) in [6.45, 7) is 0.874. The monoisotopic (exact) mass is 264 g/mol. The van der Waals surface area contributed by atoms with Gasteiger partial charge in [0, 0.05) is 11.8 Å². The fraction of sp³-hybridized carbons (Fsp3) is 0.222. The van der Waals surface area contributed by atoms with E-state index in [9.17, 15) is 0 Å². The minimum absolute atomic E-state index is 0.377. The molecule has 0 aromatic heterocycles. The summed E-state index contributed by atoms with van der Waals surface area (Å²) in [6.07, 6.45) is 1.31. The molecule has 0 amide bonds. The Labute approximate surface area is 117 Å². The summed E-state index contributed by atoms with van der Waals surface area (Å²) in [6, 6.07) is 17.2. The molecule has 1 aliphatic rings. The highest BCUT2D eigenvalue weighted by atomic mass is 16.6. The first-order chi connectivity index (χ1) is 9.85. The van der Waals surface area contributed by atoms with Gasteiger partial charge < -0.3 is 9.47 Å². The maximum absolute atomic E-state index is 5.68. The molecule has 0 aliphatic carbocycles. The van der Waals surface area contributed by atoms with Crippen molar-refractivity contribution in [1.82, 2.24) is 0 Å². The summed E-state index contributed by atoms with van der Waals surface area (Å²) in [7, 11) is 1.75. The van der Waals surface area contributed by atoms with Crippen LogP contribution < -0.4 is 4.74 Å². The second-order valence-corrected chi connectivity index (χ2v) is 5.34. The van der Waals surface area contributed by atoms with Crippen LogP contribution in [0.5, 0.6) is 5.75 Å². The normalized spacial score (nSPS) is 17.6. The van der Waals surface area contributed by atoms with Crippen molar-refractivity contribution in [3.05, 3.63) is 54.1 Å². The van der Waals surface area contributed by atoms with E-state index in [-0.39, 0.29) is 0 Å². The van der Waals surface area contributed by atoms with Crippen molar-refractivity contribution in [3.8, 4) is 5.75 Å². The van der Waals surface area contributed by atoms with E-state index in [2.05, 4.69) is 48.5 Å². The fourth-order valence-electron chi connectivity index (χ4n) is 2.86. The molecule has 0 saturated carbocycles. The van der Waals surface area contributed by atoms with Crippen molar-refractivity contribution in [3.63, 3.8) is 0 Å². The second kappa shape index (κ2) is 4.50.